The topological polar surface area (TPSA) is 63.4 Å². The molecule has 2 rings (SSSR count). The fraction of sp³-hybridized carbons (Fsp3) is 0.857. The van der Waals surface area contributed by atoms with Gasteiger partial charge in [-0.2, -0.15) is 0 Å². The number of nitrogens with zero attached hydrogens (tertiary/aromatic N) is 3. The molecule has 0 aliphatic carbocycles. The van der Waals surface area contributed by atoms with Crippen LogP contribution in [-0.2, 0) is 11.3 Å². The number of nitrogens with one attached hydrogen (secondary N) is 1. The van der Waals surface area contributed by atoms with E-state index in [-0.39, 0.29) is 0 Å². The van der Waals surface area contributed by atoms with Crippen molar-refractivity contribution in [2.75, 3.05) is 31.1 Å². The lowest BCUT2D eigenvalue weighted by atomic mass is 10.2. The Bertz CT molecular complexity index is 388. The van der Waals surface area contributed by atoms with E-state index in [2.05, 4.69) is 41.2 Å². The van der Waals surface area contributed by atoms with Crippen LogP contribution in [0.4, 0.5) is 6.01 Å². The zero-order valence-corrected chi connectivity index (χ0v) is 12.8. The Hall–Kier alpha value is -1.14. The van der Waals surface area contributed by atoms with E-state index in [1.165, 1.54) is 0 Å². The Labute approximate surface area is 120 Å². The lowest BCUT2D eigenvalue weighted by Crippen LogP contribution is -2.32. The molecule has 0 radical (unpaired) electrons. The van der Waals surface area contributed by atoms with E-state index >= 15 is 0 Å². The normalized spacial score (nSPS) is 18.9. The molecule has 0 amide bonds. The maximum absolute atomic E-state index is 5.71. The summed E-state index contributed by atoms with van der Waals surface area (Å²) in [4.78, 5) is 2.09. The monoisotopic (exact) mass is 282 g/mol. The second kappa shape index (κ2) is 7.59. The predicted molar refractivity (Wildman–Crippen MR) is 77.7 cm³/mol. The SMILES string of the molecule is CCN(CC1CCCO1)c1nnc(CNCC(C)C)o1. The lowest BCUT2D eigenvalue weighted by Gasteiger charge is -2.21. The number of likely N-dealkylation sites (N-methyl/N-ethyl adjacent to an activating group) is 1. The van der Waals surface area contributed by atoms with E-state index in [1.807, 2.05) is 0 Å². The van der Waals surface area contributed by atoms with Gasteiger partial charge in [0.2, 0.25) is 5.89 Å². The fourth-order valence-corrected chi connectivity index (χ4v) is 2.29. The number of rotatable bonds is 8. The van der Waals surface area contributed by atoms with Crippen molar-refractivity contribution < 1.29 is 9.15 Å². The Balaban J connectivity index is 1.84. The Morgan fingerprint density at radius 1 is 1.40 bits per heavy atom. The zero-order chi connectivity index (χ0) is 14.4. The highest BCUT2D eigenvalue weighted by atomic mass is 16.5. The van der Waals surface area contributed by atoms with Gasteiger partial charge < -0.3 is 19.4 Å². The second-order valence-electron chi connectivity index (χ2n) is 5.68. The number of hydrogen-bond acceptors (Lipinski definition) is 6. The molecule has 1 aromatic heterocycles. The van der Waals surface area contributed by atoms with Crippen molar-refractivity contribution in [1.82, 2.24) is 15.5 Å². The number of ether oxygens (including phenoxy) is 1. The molecular weight excluding hydrogens is 256 g/mol. The van der Waals surface area contributed by atoms with E-state index in [9.17, 15) is 0 Å². The first-order valence-corrected chi connectivity index (χ1v) is 7.58. The van der Waals surface area contributed by atoms with Gasteiger partial charge in [-0.15, -0.1) is 5.10 Å². The van der Waals surface area contributed by atoms with Gasteiger partial charge in [0.05, 0.1) is 12.6 Å². The Kier molecular flexibility index (Phi) is 5.79. The van der Waals surface area contributed by atoms with Crippen LogP contribution in [0.15, 0.2) is 4.42 Å². The van der Waals surface area contributed by atoms with Gasteiger partial charge >= 0.3 is 6.01 Å². The minimum absolute atomic E-state index is 0.296. The van der Waals surface area contributed by atoms with Crippen molar-refractivity contribution in [1.29, 1.82) is 0 Å². The van der Waals surface area contributed by atoms with Crippen LogP contribution in [0.25, 0.3) is 0 Å². The molecule has 20 heavy (non-hydrogen) atoms. The van der Waals surface area contributed by atoms with E-state index in [0.717, 1.165) is 39.1 Å². The van der Waals surface area contributed by atoms with Crippen molar-refractivity contribution in [2.24, 2.45) is 5.92 Å². The van der Waals surface area contributed by atoms with Gasteiger partial charge in [-0.25, -0.2) is 0 Å². The maximum Gasteiger partial charge on any atom is 0.318 e. The van der Waals surface area contributed by atoms with Crippen LogP contribution in [0.5, 0.6) is 0 Å². The van der Waals surface area contributed by atoms with Crippen molar-refractivity contribution in [3.05, 3.63) is 5.89 Å². The minimum Gasteiger partial charge on any atom is -0.407 e. The third-order valence-corrected chi connectivity index (χ3v) is 3.39. The first-order chi connectivity index (χ1) is 9.69. The third kappa shape index (κ3) is 4.45. The molecule has 6 heteroatoms. The molecule has 1 unspecified atom stereocenters. The molecule has 0 saturated carbocycles. The van der Waals surface area contributed by atoms with Gasteiger partial charge in [0.25, 0.3) is 0 Å². The van der Waals surface area contributed by atoms with Crippen LogP contribution >= 0.6 is 0 Å². The first kappa shape index (κ1) is 15.3. The fourth-order valence-electron chi connectivity index (χ4n) is 2.29. The standard InChI is InChI=1S/C14H26N4O2/c1-4-18(10-12-6-5-7-19-12)14-17-16-13(20-14)9-15-8-11(2)3/h11-12,15H,4-10H2,1-3H3. The van der Waals surface area contributed by atoms with Crippen molar-refractivity contribution >= 4 is 6.01 Å². The maximum atomic E-state index is 5.71. The van der Waals surface area contributed by atoms with Crippen molar-refractivity contribution in [2.45, 2.75) is 46.3 Å². The molecule has 6 nitrogen and oxygen atoms in total. The predicted octanol–water partition coefficient (Wildman–Crippen LogP) is 1.82. The van der Waals surface area contributed by atoms with Gasteiger partial charge in [0.1, 0.15) is 0 Å². The van der Waals surface area contributed by atoms with Crippen LogP contribution in [0.3, 0.4) is 0 Å². The summed E-state index contributed by atoms with van der Waals surface area (Å²) >= 11 is 0. The molecule has 114 valence electrons. The van der Waals surface area contributed by atoms with Crippen LogP contribution < -0.4 is 10.2 Å². The van der Waals surface area contributed by atoms with E-state index in [4.69, 9.17) is 9.15 Å². The highest BCUT2D eigenvalue weighted by Gasteiger charge is 2.21. The number of hydrogen-bond donors (Lipinski definition) is 1. The highest BCUT2D eigenvalue weighted by Crippen LogP contribution is 2.18. The molecule has 0 spiro atoms. The average Bonchev–Trinajstić information content (AvgIpc) is 3.06. The quantitative estimate of drug-likeness (QED) is 0.784. The average molecular weight is 282 g/mol. The smallest absolute Gasteiger partial charge is 0.318 e. The summed E-state index contributed by atoms with van der Waals surface area (Å²) < 4.78 is 11.4. The summed E-state index contributed by atoms with van der Waals surface area (Å²) in [6, 6.07) is 0.601. The van der Waals surface area contributed by atoms with Crippen molar-refractivity contribution in [3.8, 4) is 0 Å². The third-order valence-electron chi connectivity index (χ3n) is 3.39. The molecule has 0 aromatic carbocycles. The number of aromatic nitrogens is 2. The summed E-state index contributed by atoms with van der Waals surface area (Å²) in [5, 5.41) is 11.5. The van der Waals surface area contributed by atoms with Gasteiger partial charge in [-0.3, -0.25) is 0 Å². The molecule has 1 aliphatic rings. The van der Waals surface area contributed by atoms with E-state index in [0.29, 0.717) is 30.5 Å². The first-order valence-electron chi connectivity index (χ1n) is 7.58. The summed E-state index contributed by atoms with van der Waals surface area (Å²) in [5.74, 6) is 1.26. The summed E-state index contributed by atoms with van der Waals surface area (Å²) in [6.07, 6.45) is 2.56. The molecule has 1 aliphatic heterocycles. The van der Waals surface area contributed by atoms with Crippen LogP contribution in [0.2, 0.25) is 0 Å². The summed E-state index contributed by atoms with van der Waals surface area (Å²) in [5.41, 5.74) is 0. The second-order valence-corrected chi connectivity index (χ2v) is 5.68. The van der Waals surface area contributed by atoms with Gasteiger partial charge in [-0.05, 0) is 32.2 Å². The van der Waals surface area contributed by atoms with Crippen LogP contribution in [-0.4, -0.2) is 42.5 Å². The molecule has 1 saturated heterocycles. The zero-order valence-electron chi connectivity index (χ0n) is 12.8. The van der Waals surface area contributed by atoms with Crippen LogP contribution in [0.1, 0.15) is 39.5 Å². The highest BCUT2D eigenvalue weighted by molar-refractivity contribution is 5.24. The Morgan fingerprint density at radius 2 is 2.25 bits per heavy atom. The van der Waals surface area contributed by atoms with E-state index < -0.39 is 0 Å². The minimum atomic E-state index is 0.296. The molecular formula is C14H26N4O2. The summed E-state index contributed by atoms with van der Waals surface area (Å²) in [6.45, 7) is 10.6. The molecule has 0 bridgehead atoms. The largest absolute Gasteiger partial charge is 0.407 e. The summed E-state index contributed by atoms with van der Waals surface area (Å²) in [7, 11) is 0. The van der Waals surface area contributed by atoms with Crippen LogP contribution in [0, 0.1) is 5.92 Å². The number of anilines is 1. The molecule has 1 N–H and O–H groups in total. The lowest BCUT2D eigenvalue weighted by molar-refractivity contribution is 0.115. The van der Waals surface area contributed by atoms with E-state index in [1.54, 1.807) is 0 Å². The molecule has 1 aromatic rings. The van der Waals surface area contributed by atoms with Gasteiger partial charge in [0, 0.05) is 19.7 Å². The molecule has 1 fully saturated rings. The van der Waals surface area contributed by atoms with Crippen molar-refractivity contribution in [3.63, 3.8) is 0 Å². The van der Waals surface area contributed by atoms with Gasteiger partial charge in [0.15, 0.2) is 0 Å². The molecule has 2 heterocycles. The Morgan fingerprint density at radius 3 is 2.90 bits per heavy atom. The molecule has 1 atom stereocenters. The van der Waals surface area contributed by atoms with Gasteiger partial charge in [-0.1, -0.05) is 18.9 Å².